The van der Waals surface area contributed by atoms with Crippen LogP contribution in [0.2, 0.25) is 0 Å². The van der Waals surface area contributed by atoms with Crippen LogP contribution in [0.15, 0.2) is 11.1 Å². The molecular weight excluding hydrogens is 320 g/mol. The van der Waals surface area contributed by atoms with Gasteiger partial charge in [0.05, 0.1) is 12.3 Å². The van der Waals surface area contributed by atoms with Crippen LogP contribution >= 0.6 is 0 Å². The summed E-state index contributed by atoms with van der Waals surface area (Å²) in [4.78, 5) is 41.8. The zero-order valence-corrected chi connectivity index (χ0v) is 13.7. The summed E-state index contributed by atoms with van der Waals surface area (Å²) in [7, 11) is 0. The maximum atomic E-state index is 10.5. The third-order valence-electron chi connectivity index (χ3n) is 3.66. The summed E-state index contributed by atoms with van der Waals surface area (Å²) >= 11 is 0. The van der Waals surface area contributed by atoms with Gasteiger partial charge in [0.2, 0.25) is 0 Å². The van der Waals surface area contributed by atoms with Crippen molar-refractivity contribution >= 4 is 23.9 Å². The molecular formula is C16H24O8. The predicted octanol–water partition coefficient (Wildman–Crippen LogP) is 2.38. The van der Waals surface area contributed by atoms with Gasteiger partial charge >= 0.3 is 23.9 Å². The number of unbranched alkanes of at least 4 members (excludes halogenated alkanes) is 1. The number of carboxylic acids is 4. The maximum absolute atomic E-state index is 10.5. The van der Waals surface area contributed by atoms with E-state index in [1.807, 2.05) is 6.92 Å². The fraction of sp³-hybridized carbons (Fsp3) is 0.625. The van der Waals surface area contributed by atoms with Gasteiger partial charge in [-0.1, -0.05) is 19.8 Å². The van der Waals surface area contributed by atoms with Gasteiger partial charge in [-0.15, -0.1) is 0 Å². The first-order valence-electron chi connectivity index (χ1n) is 7.83. The van der Waals surface area contributed by atoms with Gasteiger partial charge in [0.1, 0.15) is 0 Å². The number of carboxylic acid groups (broad SMARTS) is 4. The van der Waals surface area contributed by atoms with Crippen LogP contribution in [0.4, 0.5) is 0 Å². The van der Waals surface area contributed by atoms with Gasteiger partial charge in [-0.2, -0.15) is 0 Å². The van der Waals surface area contributed by atoms with Crippen molar-refractivity contribution in [2.75, 3.05) is 0 Å². The highest BCUT2D eigenvalue weighted by atomic mass is 16.4. The van der Waals surface area contributed by atoms with E-state index in [0.717, 1.165) is 25.7 Å². The van der Waals surface area contributed by atoms with E-state index >= 15 is 0 Å². The summed E-state index contributed by atoms with van der Waals surface area (Å²) < 4.78 is 0. The largest absolute Gasteiger partial charge is 0.481 e. The first-order valence-corrected chi connectivity index (χ1v) is 7.83. The zero-order valence-electron chi connectivity index (χ0n) is 13.7. The highest BCUT2D eigenvalue weighted by molar-refractivity contribution is 5.99. The van der Waals surface area contributed by atoms with Gasteiger partial charge in [-0.25, -0.2) is 9.59 Å². The SMILES string of the molecule is CCCCC(CC(=O)O)C(=O)O.O=C(O)C1=C(C(=O)O)CCCC1. The van der Waals surface area contributed by atoms with E-state index in [1.54, 1.807) is 0 Å². The summed E-state index contributed by atoms with van der Waals surface area (Å²) in [6, 6.07) is 0. The lowest BCUT2D eigenvalue weighted by Gasteiger charge is -2.13. The predicted molar refractivity (Wildman–Crippen MR) is 83.7 cm³/mol. The lowest BCUT2D eigenvalue weighted by Crippen LogP contribution is -2.17. The highest BCUT2D eigenvalue weighted by Gasteiger charge is 2.22. The number of hydrogen-bond donors (Lipinski definition) is 4. The van der Waals surface area contributed by atoms with Crippen molar-refractivity contribution in [2.24, 2.45) is 5.92 Å². The van der Waals surface area contributed by atoms with Crippen LogP contribution < -0.4 is 0 Å². The van der Waals surface area contributed by atoms with E-state index in [2.05, 4.69) is 0 Å². The molecule has 0 aromatic carbocycles. The first-order chi connectivity index (χ1) is 11.2. The molecule has 0 amide bonds. The van der Waals surface area contributed by atoms with Gasteiger partial charge in [-0.3, -0.25) is 9.59 Å². The summed E-state index contributed by atoms with van der Waals surface area (Å²) in [5.74, 6) is -4.95. The molecule has 0 saturated heterocycles. The Kier molecular flexibility index (Phi) is 10.1. The third-order valence-corrected chi connectivity index (χ3v) is 3.66. The number of carbonyl (C=O) groups is 4. The molecule has 1 aliphatic rings. The quantitative estimate of drug-likeness (QED) is 0.524. The van der Waals surface area contributed by atoms with Gasteiger partial charge in [0, 0.05) is 11.1 Å². The Bertz CT molecular complexity index is 480. The minimum atomic E-state index is -1.09. The Morgan fingerprint density at radius 2 is 1.38 bits per heavy atom. The van der Waals surface area contributed by atoms with Gasteiger partial charge in [0.25, 0.3) is 0 Å². The van der Waals surface area contributed by atoms with Gasteiger partial charge < -0.3 is 20.4 Å². The van der Waals surface area contributed by atoms with Crippen LogP contribution in [0.25, 0.3) is 0 Å². The van der Waals surface area contributed by atoms with E-state index in [-0.39, 0.29) is 17.6 Å². The van der Waals surface area contributed by atoms with Crippen molar-refractivity contribution in [3.63, 3.8) is 0 Å². The third kappa shape index (κ3) is 8.30. The van der Waals surface area contributed by atoms with Crippen LogP contribution in [0.3, 0.4) is 0 Å². The number of aliphatic carboxylic acids is 4. The molecule has 136 valence electrons. The molecule has 0 bridgehead atoms. The molecule has 0 fully saturated rings. The molecule has 24 heavy (non-hydrogen) atoms. The van der Waals surface area contributed by atoms with E-state index in [1.165, 1.54) is 0 Å². The Morgan fingerprint density at radius 3 is 1.67 bits per heavy atom. The molecule has 0 aromatic heterocycles. The van der Waals surface area contributed by atoms with Crippen LogP contribution in [-0.4, -0.2) is 44.3 Å². The fourth-order valence-electron chi connectivity index (χ4n) is 2.35. The summed E-state index contributed by atoms with van der Waals surface area (Å²) in [5, 5.41) is 34.2. The van der Waals surface area contributed by atoms with Crippen molar-refractivity contribution in [2.45, 2.75) is 58.3 Å². The molecule has 1 aliphatic carbocycles. The minimum absolute atomic E-state index is 0.0775. The van der Waals surface area contributed by atoms with Crippen LogP contribution in [0.1, 0.15) is 58.3 Å². The monoisotopic (exact) mass is 344 g/mol. The second kappa shape index (κ2) is 11.2. The Labute approximate surface area is 139 Å². The average molecular weight is 344 g/mol. The Morgan fingerprint density at radius 1 is 0.917 bits per heavy atom. The molecule has 4 N–H and O–H groups in total. The molecule has 0 heterocycles. The van der Waals surface area contributed by atoms with E-state index < -0.39 is 29.8 Å². The minimum Gasteiger partial charge on any atom is -0.481 e. The first kappa shape index (κ1) is 21.6. The standard InChI is InChI=1S/C8H10O4.C8H14O4/c9-7(10)5-3-1-2-4-6(5)8(11)12;1-2-3-4-6(8(11)12)5-7(9)10/h1-4H2,(H,9,10)(H,11,12);6H,2-5H2,1H3,(H,9,10)(H,11,12). The molecule has 0 spiro atoms. The molecule has 1 rings (SSSR count). The molecule has 1 atom stereocenters. The summed E-state index contributed by atoms with van der Waals surface area (Å²) in [6.07, 6.45) is 4.17. The smallest absolute Gasteiger partial charge is 0.332 e. The molecule has 0 aromatic rings. The molecule has 0 radical (unpaired) electrons. The van der Waals surface area contributed by atoms with E-state index in [4.69, 9.17) is 20.4 Å². The zero-order chi connectivity index (χ0) is 18.7. The topological polar surface area (TPSA) is 149 Å². The highest BCUT2D eigenvalue weighted by Crippen LogP contribution is 2.24. The average Bonchev–Trinajstić information content (AvgIpc) is 2.51. The molecule has 1 unspecified atom stereocenters. The lowest BCUT2D eigenvalue weighted by atomic mass is 9.92. The van der Waals surface area contributed by atoms with Crippen molar-refractivity contribution in [3.05, 3.63) is 11.1 Å². The molecule has 8 heteroatoms. The van der Waals surface area contributed by atoms with E-state index in [0.29, 0.717) is 19.3 Å². The van der Waals surface area contributed by atoms with Crippen LogP contribution in [-0.2, 0) is 19.2 Å². The maximum Gasteiger partial charge on any atom is 0.332 e. The second-order valence-electron chi connectivity index (χ2n) is 5.55. The Balaban J connectivity index is 0.000000441. The Hall–Kier alpha value is -2.38. The summed E-state index contributed by atoms with van der Waals surface area (Å²) in [5.41, 5.74) is 0.155. The fourth-order valence-corrected chi connectivity index (χ4v) is 2.35. The van der Waals surface area contributed by atoms with Crippen molar-refractivity contribution in [1.82, 2.24) is 0 Å². The molecule has 0 aliphatic heterocycles. The number of rotatable bonds is 8. The second-order valence-corrected chi connectivity index (χ2v) is 5.55. The lowest BCUT2D eigenvalue weighted by molar-refractivity contribution is -0.148. The molecule has 0 saturated carbocycles. The molecule has 8 nitrogen and oxygen atoms in total. The number of hydrogen-bond acceptors (Lipinski definition) is 4. The van der Waals surface area contributed by atoms with Gasteiger partial charge in [0.15, 0.2) is 0 Å². The van der Waals surface area contributed by atoms with Crippen LogP contribution in [0.5, 0.6) is 0 Å². The van der Waals surface area contributed by atoms with Crippen molar-refractivity contribution in [1.29, 1.82) is 0 Å². The van der Waals surface area contributed by atoms with Crippen molar-refractivity contribution in [3.8, 4) is 0 Å². The summed E-state index contributed by atoms with van der Waals surface area (Å²) in [6.45, 7) is 1.94. The van der Waals surface area contributed by atoms with E-state index in [9.17, 15) is 19.2 Å². The van der Waals surface area contributed by atoms with Crippen molar-refractivity contribution < 1.29 is 39.6 Å². The normalized spacial score (nSPS) is 15.0. The van der Waals surface area contributed by atoms with Crippen LogP contribution in [0, 0.1) is 5.92 Å². The van der Waals surface area contributed by atoms with Gasteiger partial charge in [-0.05, 0) is 32.1 Å².